The van der Waals surface area contributed by atoms with Crippen LogP contribution in [0.3, 0.4) is 0 Å². The van der Waals surface area contributed by atoms with Gasteiger partial charge in [0.2, 0.25) is 0 Å². The highest BCUT2D eigenvalue weighted by atomic mass is 16.3. The third-order valence-corrected chi connectivity index (χ3v) is 3.26. The Bertz CT molecular complexity index is 363. The van der Waals surface area contributed by atoms with Crippen molar-refractivity contribution in [1.82, 2.24) is 0 Å². The number of aliphatic hydroxyl groups excluding tert-OH is 1. The quantitative estimate of drug-likeness (QED) is 0.668. The van der Waals surface area contributed by atoms with Crippen LogP contribution in [0, 0.1) is 0 Å². The topological polar surface area (TPSA) is 75.5 Å². The molecule has 4 nitrogen and oxygen atoms in total. The maximum Gasteiger partial charge on any atom is 0.0606 e. The van der Waals surface area contributed by atoms with Crippen LogP contribution in [-0.4, -0.2) is 24.3 Å². The third kappa shape index (κ3) is 2.07. The Kier molecular flexibility index (Phi) is 3.19. The summed E-state index contributed by atoms with van der Waals surface area (Å²) < 4.78 is 0. The number of hydrogen-bond acceptors (Lipinski definition) is 4. The van der Waals surface area contributed by atoms with Crippen molar-refractivity contribution in [1.29, 1.82) is 0 Å². The summed E-state index contributed by atoms with van der Waals surface area (Å²) in [5.41, 5.74) is 13.8. The Balaban J connectivity index is 2.20. The molecule has 0 unspecified atom stereocenters. The minimum absolute atomic E-state index is 0.167. The first-order valence-corrected chi connectivity index (χ1v) is 5.75. The van der Waals surface area contributed by atoms with Gasteiger partial charge >= 0.3 is 0 Å². The van der Waals surface area contributed by atoms with Crippen molar-refractivity contribution in [2.75, 3.05) is 29.5 Å². The van der Waals surface area contributed by atoms with E-state index in [2.05, 4.69) is 4.90 Å². The molecule has 1 aliphatic rings. The van der Waals surface area contributed by atoms with Crippen molar-refractivity contribution in [3.05, 3.63) is 18.2 Å². The van der Waals surface area contributed by atoms with Gasteiger partial charge in [0.1, 0.15) is 0 Å². The van der Waals surface area contributed by atoms with Crippen LogP contribution in [-0.2, 0) is 0 Å². The fourth-order valence-electron chi connectivity index (χ4n) is 2.07. The van der Waals surface area contributed by atoms with Crippen LogP contribution in [0.4, 0.5) is 17.1 Å². The van der Waals surface area contributed by atoms with Crippen molar-refractivity contribution in [2.45, 2.75) is 25.3 Å². The number of benzene rings is 1. The van der Waals surface area contributed by atoms with Gasteiger partial charge in [-0.3, -0.25) is 0 Å². The first-order chi connectivity index (χ1) is 7.72. The molecule has 1 saturated carbocycles. The van der Waals surface area contributed by atoms with E-state index in [1.54, 1.807) is 0 Å². The Morgan fingerprint density at radius 1 is 1.25 bits per heavy atom. The molecule has 0 aliphatic heterocycles. The van der Waals surface area contributed by atoms with Crippen LogP contribution in [0.5, 0.6) is 0 Å². The minimum atomic E-state index is 0.167. The number of anilines is 3. The summed E-state index contributed by atoms with van der Waals surface area (Å²) in [4.78, 5) is 2.22. The molecule has 4 heteroatoms. The van der Waals surface area contributed by atoms with Crippen molar-refractivity contribution in [3.8, 4) is 0 Å². The molecule has 0 atom stereocenters. The van der Waals surface area contributed by atoms with Gasteiger partial charge in [0, 0.05) is 18.3 Å². The van der Waals surface area contributed by atoms with Gasteiger partial charge in [-0.25, -0.2) is 0 Å². The van der Waals surface area contributed by atoms with Gasteiger partial charge in [-0.2, -0.15) is 0 Å². The fourth-order valence-corrected chi connectivity index (χ4v) is 2.07. The molecule has 5 N–H and O–H groups in total. The molecule has 0 spiro atoms. The average Bonchev–Trinajstić information content (AvgIpc) is 2.19. The molecule has 0 radical (unpaired) electrons. The maximum atomic E-state index is 9.09. The number of hydrogen-bond donors (Lipinski definition) is 3. The first-order valence-electron chi connectivity index (χ1n) is 5.75. The number of nitrogen functional groups attached to an aromatic ring is 2. The van der Waals surface area contributed by atoms with Crippen molar-refractivity contribution < 1.29 is 5.11 Å². The Labute approximate surface area is 95.8 Å². The van der Waals surface area contributed by atoms with Gasteiger partial charge < -0.3 is 21.5 Å². The van der Waals surface area contributed by atoms with Crippen molar-refractivity contribution >= 4 is 17.1 Å². The standard InChI is InChI=1S/C12H19N3O/c13-11-5-4-10(8-12(11)14)15(6-7-16)9-2-1-3-9/h4-5,8-9,16H,1-3,6-7,13-14H2. The summed E-state index contributed by atoms with van der Waals surface area (Å²) in [6.45, 7) is 0.828. The highest BCUT2D eigenvalue weighted by Crippen LogP contribution is 2.31. The van der Waals surface area contributed by atoms with E-state index < -0.39 is 0 Å². The fraction of sp³-hybridized carbons (Fsp3) is 0.500. The van der Waals surface area contributed by atoms with Crippen LogP contribution in [0.1, 0.15) is 19.3 Å². The first kappa shape index (κ1) is 11.1. The monoisotopic (exact) mass is 221 g/mol. The van der Waals surface area contributed by atoms with Gasteiger partial charge in [-0.05, 0) is 37.5 Å². The second-order valence-electron chi connectivity index (χ2n) is 4.31. The molecular formula is C12H19N3O. The molecule has 0 amide bonds. The molecule has 88 valence electrons. The SMILES string of the molecule is Nc1ccc(N(CCO)C2CCC2)cc1N. The predicted molar refractivity (Wildman–Crippen MR) is 67.3 cm³/mol. The van der Waals surface area contributed by atoms with E-state index in [0.29, 0.717) is 24.0 Å². The Morgan fingerprint density at radius 3 is 2.50 bits per heavy atom. The second-order valence-corrected chi connectivity index (χ2v) is 4.31. The molecule has 0 aromatic heterocycles. The lowest BCUT2D eigenvalue weighted by Crippen LogP contribution is -2.42. The van der Waals surface area contributed by atoms with E-state index in [0.717, 1.165) is 5.69 Å². The zero-order valence-electron chi connectivity index (χ0n) is 9.39. The number of aliphatic hydroxyl groups is 1. The second kappa shape index (κ2) is 4.61. The molecule has 0 bridgehead atoms. The number of nitrogens with two attached hydrogens (primary N) is 2. The van der Waals surface area contributed by atoms with Gasteiger partial charge in [-0.1, -0.05) is 0 Å². The van der Waals surface area contributed by atoms with E-state index in [1.165, 1.54) is 19.3 Å². The molecule has 0 heterocycles. The smallest absolute Gasteiger partial charge is 0.0606 e. The van der Waals surface area contributed by atoms with Gasteiger partial charge in [0.15, 0.2) is 0 Å². The molecule has 1 aromatic rings. The third-order valence-electron chi connectivity index (χ3n) is 3.26. The van der Waals surface area contributed by atoms with Crippen LogP contribution in [0.25, 0.3) is 0 Å². The van der Waals surface area contributed by atoms with E-state index in [9.17, 15) is 0 Å². The number of rotatable bonds is 4. The lowest BCUT2D eigenvalue weighted by Gasteiger charge is -2.39. The van der Waals surface area contributed by atoms with Crippen molar-refractivity contribution in [2.24, 2.45) is 0 Å². The van der Waals surface area contributed by atoms with Crippen molar-refractivity contribution in [3.63, 3.8) is 0 Å². The molecular weight excluding hydrogens is 202 g/mol. The highest BCUT2D eigenvalue weighted by Gasteiger charge is 2.24. The van der Waals surface area contributed by atoms with E-state index in [4.69, 9.17) is 16.6 Å². The summed E-state index contributed by atoms with van der Waals surface area (Å²) in [5.74, 6) is 0. The van der Waals surface area contributed by atoms with E-state index >= 15 is 0 Å². The zero-order valence-corrected chi connectivity index (χ0v) is 9.39. The summed E-state index contributed by atoms with van der Waals surface area (Å²) >= 11 is 0. The molecule has 1 aliphatic carbocycles. The molecule has 1 fully saturated rings. The zero-order chi connectivity index (χ0) is 11.5. The maximum absolute atomic E-state index is 9.09. The van der Waals surface area contributed by atoms with Gasteiger partial charge in [0.25, 0.3) is 0 Å². The summed E-state index contributed by atoms with van der Waals surface area (Å²) in [6.07, 6.45) is 3.67. The molecule has 0 saturated heterocycles. The molecule has 2 rings (SSSR count). The largest absolute Gasteiger partial charge is 0.397 e. The van der Waals surface area contributed by atoms with E-state index in [1.807, 2.05) is 18.2 Å². The molecule has 1 aromatic carbocycles. The lowest BCUT2D eigenvalue weighted by molar-refractivity contribution is 0.283. The van der Waals surface area contributed by atoms with Crippen LogP contribution in [0.15, 0.2) is 18.2 Å². The van der Waals surface area contributed by atoms with Crippen LogP contribution >= 0.6 is 0 Å². The lowest BCUT2D eigenvalue weighted by atomic mass is 9.91. The summed E-state index contributed by atoms with van der Waals surface area (Å²) in [7, 11) is 0. The average molecular weight is 221 g/mol. The number of nitrogens with zero attached hydrogens (tertiary/aromatic N) is 1. The predicted octanol–water partition coefficient (Wildman–Crippen LogP) is 1.20. The normalized spacial score (nSPS) is 15.8. The van der Waals surface area contributed by atoms with E-state index in [-0.39, 0.29) is 6.61 Å². The van der Waals surface area contributed by atoms with Crippen LogP contribution in [0.2, 0.25) is 0 Å². The van der Waals surface area contributed by atoms with Crippen LogP contribution < -0.4 is 16.4 Å². The highest BCUT2D eigenvalue weighted by molar-refractivity contribution is 5.70. The summed E-state index contributed by atoms with van der Waals surface area (Å²) in [5, 5.41) is 9.09. The molecule has 16 heavy (non-hydrogen) atoms. The van der Waals surface area contributed by atoms with Gasteiger partial charge in [0.05, 0.1) is 18.0 Å². The Morgan fingerprint density at radius 2 is 2.00 bits per heavy atom. The summed E-state index contributed by atoms with van der Waals surface area (Å²) in [6, 6.07) is 6.24. The van der Waals surface area contributed by atoms with Gasteiger partial charge in [-0.15, -0.1) is 0 Å². The Hall–Kier alpha value is -1.42. The minimum Gasteiger partial charge on any atom is -0.397 e.